The molecule has 1 unspecified atom stereocenters. The van der Waals surface area contributed by atoms with Gasteiger partial charge in [-0.05, 0) is 18.8 Å². The third-order valence-corrected chi connectivity index (χ3v) is 3.26. The Bertz CT molecular complexity index is 182. The molecule has 0 aromatic rings. The molecule has 0 aromatic carbocycles. The van der Waals surface area contributed by atoms with Gasteiger partial charge in [-0.3, -0.25) is 0 Å². The van der Waals surface area contributed by atoms with Crippen LogP contribution in [0.2, 0.25) is 0 Å². The maximum Gasteiger partial charge on any atom is 0.00887 e. The maximum atomic E-state index is 3.24. The third-order valence-electron chi connectivity index (χ3n) is 3.26. The molecular formula is C16H30. The summed E-state index contributed by atoms with van der Waals surface area (Å²) in [6.07, 6.45) is 13.2. The molecule has 1 atom stereocenters. The minimum absolute atomic E-state index is 0.959. The lowest BCUT2D eigenvalue weighted by Crippen LogP contribution is -1.98. The Hall–Kier alpha value is -0.440. The van der Waals surface area contributed by atoms with Gasteiger partial charge in [0.1, 0.15) is 0 Å². The Morgan fingerprint density at radius 2 is 1.56 bits per heavy atom. The fraction of sp³-hybridized carbons (Fsp3) is 0.875. The number of rotatable bonds is 9. The summed E-state index contributed by atoms with van der Waals surface area (Å²) < 4.78 is 0. The highest BCUT2D eigenvalue weighted by molar-refractivity contribution is 4.97. The molecule has 94 valence electrons. The minimum atomic E-state index is 0.959. The second kappa shape index (κ2) is 12.6. The monoisotopic (exact) mass is 222 g/mol. The van der Waals surface area contributed by atoms with E-state index in [9.17, 15) is 0 Å². The van der Waals surface area contributed by atoms with E-state index in [4.69, 9.17) is 0 Å². The zero-order valence-corrected chi connectivity index (χ0v) is 11.6. The van der Waals surface area contributed by atoms with Gasteiger partial charge >= 0.3 is 0 Å². The number of hydrogen-bond donors (Lipinski definition) is 0. The van der Waals surface area contributed by atoms with Gasteiger partial charge in [0.15, 0.2) is 0 Å². The quantitative estimate of drug-likeness (QED) is 0.353. The summed E-state index contributed by atoms with van der Waals surface area (Å²) in [5.74, 6) is 7.35. The number of unbranched alkanes of at least 4 members (excludes halogenated alkanes) is 4. The fourth-order valence-electron chi connectivity index (χ4n) is 2.10. The minimum Gasteiger partial charge on any atom is -0.104 e. The predicted octanol–water partition coefficient (Wildman–Crippen LogP) is 5.57. The molecule has 0 heteroatoms. The van der Waals surface area contributed by atoms with Crippen LogP contribution in [0, 0.1) is 17.8 Å². The molecule has 0 saturated carbocycles. The van der Waals surface area contributed by atoms with Gasteiger partial charge in [0, 0.05) is 12.8 Å². The molecule has 0 spiro atoms. The molecule has 0 amide bonds. The van der Waals surface area contributed by atoms with Gasteiger partial charge in [-0.2, -0.15) is 0 Å². The molecule has 0 rings (SSSR count). The molecule has 0 aromatic heterocycles. The van der Waals surface area contributed by atoms with Crippen LogP contribution in [0.25, 0.3) is 0 Å². The molecule has 0 heterocycles. The summed E-state index contributed by atoms with van der Waals surface area (Å²) in [5.41, 5.74) is 0. The van der Waals surface area contributed by atoms with Crippen LogP contribution in [0.1, 0.15) is 85.0 Å². The Labute approximate surface area is 103 Å². The Kier molecular flexibility index (Phi) is 12.3. The first kappa shape index (κ1) is 15.6. The summed E-state index contributed by atoms with van der Waals surface area (Å²) in [7, 11) is 0. The van der Waals surface area contributed by atoms with Crippen molar-refractivity contribution in [3.63, 3.8) is 0 Å². The highest BCUT2D eigenvalue weighted by Gasteiger charge is 2.04. The van der Waals surface area contributed by atoms with Crippen molar-refractivity contribution < 1.29 is 0 Å². The lowest BCUT2D eigenvalue weighted by Gasteiger charge is -2.13. The van der Waals surface area contributed by atoms with E-state index >= 15 is 0 Å². The molecule has 0 radical (unpaired) electrons. The van der Waals surface area contributed by atoms with Gasteiger partial charge in [0.25, 0.3) is 0 Å². The smallest absolute Gasteiger partial charge is 0.00887 e. The van der Waals surface area contributed by atoms with Gasteiger partial charge < -0.3 is 0 Å². The SMILES string of the molecule is CCC#CCCCC(CC)CCCCCC. The van der Waals surface area contributed by atoms with E-state index in [-0.39, 0.29) is 0 Å². The fourth-order valence-corrected chi connectivity index (χ4v) is 2.10. The molecule has 0 aliphatic rings. The van der Waals surface area contributed by atoms with E-state index in [0.29, 0.717) is 0 Å². The standard InChI is InChI=1S/C16H30/c1-4-7-9-11-13-15-16(6-3)14-12-10-8-5-2/h16H,4-6,8,10-15H2,1-3H3. The van der Waals surface area contributed by atoms with E-state index in [1.807, 2.05) is 0 Å². The van der Waals surface area contributed by atoms with Crippen molar-refractivity contribution in [3.8, 4) is 11.8 Å². The van der Waals surface area contributed by atoms with E-state index in [2.05, 4.69) is 32.6 Å². The van der Waals surface area contributed by atoms with Crippen LogP contribution in [0.5, 0.6) is 0 Å². The van der Waals surface area contributed by atoms with Crippen molar-refractivity contribution in [2.24, 2.45) is 5.92 Å². The Balaban J connectivity index is 3.43. The summed E-state index contributed by atoms with van der Waals surface area (Å²) in [4.78, 5) is 0. The van der Waals surface area contributed by atoms with E-state index in [0.717, 1.165) is 18.8 Å². The second-order valence-corrected chi connectivity index (χ2v) is 4.72. The van der Waals surface area contributed by atoms with Crippen LogP contribution in [0.3, 0.4) is 0 Å². The molecular weight excluding hydrogens is 192 g/mol. The highest BCUT2D eigenvalue weighted by atomic mass is 14.1. The lowest BCUT2D eigenvalue weighted by molar-refractivity contribution is 0.405. The van der Waals surface area contributed by atoms with Crippen molar-refractivity contribution >= 4 is 0 Å². The summed E-state index contributed by atoms with van der Waals surface area (Å²) >= 11 is 0. The first-order valence-corrected chi connectivity index (χ1v) is 7.30. The first-order chi connectivity index (χ1) is 7.85. The van der Waals surface area contributed by atoms with Gasteiger partial charge in [0.2, 0.25) is 0 Å². The van der Waals surface area contributed by atoms with Gasteiger partial charge in [-0.1, -0.05) is 59.3 Å². The van der Waals surface area contributed by atoms with Crippen LogP contribution < -0.4 is 0 Å². The maximum absolute atomic E-state index is 3.24. The van der Waals surface area contributed by atoms with Crippen LogP contribution in [-0.2, 0) is 0 Å². The van der Waals surface area contributed by atoms with E-state index < -0.39 is 0 Å². The zero-order valence-electron chi connectivity index (χ0n) is 11.6. The van der Waals surface area contributed by atoms with E-state index in [1.165, 1.54) is 51.4 Å². The molecule has 16 heavy (non-hydrogen) atoms. The molecule has 0 fully saturated rings. The average Bonchev–Trinajstić information content (AvgIpc) is 2.31. The van der Waals surface area contributed by atoms with Gasteiger partial charge in [-0.25, -0.2) is 0 Å². The largest absolute Gasteiger partial charge is 0.104 e. The molecule has 0 saturated heterocycles. The van der Waals surface area contributed by atoms with Crippen LogP contribution in [0.4, 0.5) is 0 Å². The van der Waals surface area contributed by atoms with Crippen molar-refractivity contribution in [1.82, 2.24) is 0 Å². The topological polar surface area (TPSA) is 0 Å². The average molecular weight is 222 g/mol. The van der Waals surface area contributed by atoms with Crippen molar-refractivity contribution in [2.45, 2.75) is 85.0 Å². The molecule has 0 N–H and O–H groups in total. The summed E-state index contributed by atoms with van der Waals surface area (Å²) in [6, 6.07) is 0. The third kappa shape index (κ3) is 10.1. The van der Waals surface area contributed by atoms with Gasteiger partial charge in [0.05, 0.1) is 0 Å². The van der Waals surface area contributed by atoms with Crippen molar-refractivity contribution in [1.29, 1.82) is 0 Å². The van der Waals surface area contributed by atoms with Crippen LogP contribution in [0.15, 0.2) is 0 Å². The number of hydrogen-bond acceptors (Lipinski definition) is 0. The molecule has 0 aliphatic carbocycles. The van der Waals surface area contributed by atoms with E-state index in [1.54, 1.807) is 0 Å². The predicted molar refractivity (Wildman–Crippen MR) is 74.5 cm³/mol. The van der Waals surface area contributed by atoms with Crippen molar-refractivity contribution in [3.05, 3.63) is 0 Å². The van der Waals surface area contributed by atoms with Crippen LogP contribution >= 0.6 is 0 Å². The second-order valence-electron chi connectivity index (χ2n) is 4.72. The Morgan fingerprint density at radius 3 is 2.19 bits per heavy atom. The van der Waals surface area contributed by atoms with Crippen molar-refractivity contribution in [2.75, 3.05) is 0 Å². The summed E-state index contributed by atoms with van der Waals surface area (Å²) in [5, 5.41) is 0. The van der Waals surface area contributed by atoms with Crippen LogP contribution in [-0.4, -0.2) is 0 Å². The molecule has 0 nitrogen and oxygen atoms in total. The molecule has 0 aliphatic heterocycles. The normalized spacial score (nSPS) is 11.9. The highest BCUT2D eigenvalue weighted by Crippen LogP contribution is 2.19. The van der Waals surface area contributed by atoms with Gasteiger partial charge in [-0.15, -0.1) is 11.8 Å². The molecule has 0 bridgehead atoms. The first-order valence-electron chi connectivity index (χ1n) is 7.30. The lowest BCUT2D eigenvalue weighted by atomic mass is 9.93. The Morgan fingerprint density at radius 1 is 0.812 bits per heavy atom. The summed E-state index contributed by atoms with van der Waals surface area (Å²) in [6.45, 7) is 6.74. The zero-order chi connectivity index (χ0) is 12.1.